The predicted octanol–water partition coefficient (Wildman–Crippen LogP) is 2.17. The van der Waals surface area contributed by atoms with E-state index in [0.29, 0.717) is 6.61 Å². The maximum absolute atomic E-state index is 5.77. The minimum atomic E-state index is 0.697. The number of anilines is 1. The summed E-state index contributed by atoms with van der Waals surface area (Å²) < 4.78 is 7.42. The van der Waals surface area contributed by atoms with Gasteiger partial charge in [0.25, 0.3) is 0 Å². The minimum Gasteiger partial charge on any atom is -0.399 e. The van der Waals surface area contributed by atoms with E-state index in [9.17, 15) is 0 Å². The first-order valence-electron chi connectivity index (χ1n) is 5.76. The second kappa shape index (κ2) is 5.50. The summed E-state index contributed by atoms with van der Waals surface area (Å²) in [7, 11) is 0. The van der Waals surface area contributed by atoms with Gasteiger partial charge in [-0.25, -0.2) is 4.98 Å². The Hall–Kier alpha value is -1.81. The van der Waals surface area contributed by atoms with E-state index in [-0.39, 0.29) is 0 Å². The molecule has 0 aliphatic rings. The number of rotatable bonds is 5. The van der Waals surface area contributed by atoms with Crippen LogP contribution in [0.1, 0.15) is 6.92 Å². The Bertz CT molecular complexity index is 479. The van der Waals surface area contributed by atoms with E-state index in [0.717, 1.165) is 30.2 Å². The molecule has 0 unspecified atom stereocenters. The zero-order valence-corrected chi connectivity index (χ0v) is 9.97. The van der Waals surface area contributed by atoms with Crippen molar-refractivity contribution < 1.29 is 4.74 Å². The number of benzene rings is 1. The van der Waals surface area contributed by atoms with Crippen LogP contribution in [0.3, 0.4) is 0 Å². The van der Waals surface area contributed by atoms with E-state index >= 15 is 0 Å². The van der Waals surface area contributed by atoms with Crippen LogP contribution in [0.2, 0.25) is 0 Å². The van der Waals surface area contributed by atoms with Crippen molar-refractivity contribution in [3.63, 3.8) is 0 Å². The van der Waals surface area contributed by atoms with Gasteiger partial charge in [-0.3, -0.25) is 0 Å². The van der Waals surface area contributed by atoms with Crippen LogP contribution in [0.4, 0.5) is 5.69 Å². The average molecular weight is 231 g/mol. The second-order valence-electron chi connectivity index (χ2n) is 3.77. The van der Waals surface area contributed by atoms with Crippen molar-refractivity contribution >= 4 is 5.69 Å². The maximum Gasteiger partial charge on any atom is 0.140 e. The van der Waals surface area contributed by atoms with Crippen molar-refractivity contribution in [1.82, 2.24) is 9.55 Å². The highest BCUT2D eigenvalue weighted by Gasteiger charge is 2.05. The van der Waals surface area contributed by atoms with E-state index in [1.54, 1.807) is 6.20 Å². The molecular formula is C13H17N3O. The van der Waals surface area contributed by atoms with E-state index in [1.165, 1.54) is 0 Å². The minimum absolute atomic E-state index is 0.697. The van der Waals surface area contributed by atoms with Gasteiger partial charge in [0.15, 0.2) is 0 Å². The van der Waals surface area contributed by atoms with Crippen LogP contribution >= 0.6 is 0 Å². The van der Waals surface area contributed by atoms with Crippen LogP contribution in [0.15, 0.2) is 36.7 Å². The quantitative estimate of drug-likeness (QED) is 0.633. The van der Waals surface area contributed by atoms with Gasteiger partial charge < -0.3 is 15.0 Å². The molecule has 4 nitrogen and oxygen atoms in total. The molecule has 0 spiro atoms. The number of nitrogens with two attached hydrogens (primary N) is 1. The maximum atomic E-state index is 5.77. The van der Waals surface area contributed by atoms with Crippen molar-refractivity contribution in [3.8, 4) is 11.4 Å². The lowest BCUT2D eigenvalue weighted by Crippen LogP contribution is -2.06. The van der Waals surface area contributed by atoms with Gasteiger partial charge in [-0.1, -0.05) is 12.1 Å². The Balaban J connectivity index is 2.18. The van der Waals surface area contributed by atoms with E-state index in [2.05, 4.69) is 9.55 Å². The van der Waals surface area contributed by atoms with Gasteiger partial charge in [0, 0.05) is 36.8 Å². The standard InChI is InChI=1S/C13H17N3O/c1-2-17-9-8-16-7-6-15-13(16)11-4-3-5-12(14)10-11/h3-7,10H,2,8-9,14H2,1H3. The normalized spacial score (nSPS) is 10.6. The molecule has 0 fully saturated rings. The van der Waals surface area contributed by atoms with Crippen LogP contribution in [0.5, 0.6) is 0 Å². The zero-order chi connectivity index (χ0) is 12.1. The fourth-order valence-corrected chi connectivity index (χ4v) is 1.73. The molecule has 0 atom stereocenters. The largest absolute Gasteiger partial charge is 0.399 e. The number of nitrogen functional groups attached to an aromatic ring is 1. The fraction of sp³-hybridized carbons (Fsp3) is 0.308. The van der Waals surface area contributed by atoms with Gasteiger partial charge in [0.1, 0.15) is 5.82 Å². The molecule has 0 aliphatic heterocycles. The number of ether oxygens (including phenoxy) is 1. The summed E-state index contributed by atoms with van der Waals surface area (Å²) in [5, 5.41) is 0. The highest BCUT2D eigenvalue weighted by Crippen LogP contribution is 2.19. The first-order valence-corrected chi connectivity index (χ1v) is 5.76. The number of nitrogens with zero attached hydrogens (tertiary/aromatic N) is 2. The third kappa shape index (κ3) is 2.85. The van der Waals surface area contributed by atoms with Crippen molar-refractivity contribution in [2.75, 3.05) is 18.9 Å². The molecule has 2 N–H and O–H groups in total. The summed E-state index contributed by atoms with van der Waals surface area (Å²) in [5.41, 5.74) is 7.56. The molecule has 1 aromatic carbocycles. The lowest BCUT2D eigenvalue weighted by Gasteiger charge is -2.08. The molecule has 17 heavy (non-hydrogen) atoms. The summed E-state index contributed by atoms with van der Waals surface area (Å²) in [6.45, 7) is 4.23. The molecule has 4 heteroatoms. The fourth-order valence-electron chi connectivity index (χ4n) is 1.73. The molecule has 1 heterocycles. The first kappa shape index (κ1) is 11.7. The van der Waals surface area contributed by atoms with Crippen molar-refractivity contribution in [3.05, 3.63) is 36.7 Å². The summed E-state index contributed by atoms with van der Waals surface area (Å²) in [5.74, 6) is 0.928. The van der Waals surface area contributed by atoms with Crippen LogP contribution in [-0.4, -0.2) is 22.8 Å². The zero-order valence-electron chi connectivity index (χ0n) is 9.97. The third-order valence-electron chi connectivity index (χ3n) is 2.54. The molecule has 0 amide bonds. The monoisotopic (exact) mass is 231 g/mol. The Kier molecular flexibility index (Phi) is 3.77. The Morgan fingerprint density at radius 2 is 2.29 bits per heavy atom. The van der Waals surface area contributed by atoms with Crippen molar-refractivity contribution in [1.29, 1.82) is 0 Å². The van der Waals surface area contributed by atoms with Gasteiger partial charge in [-0.15, -0.1) is 0 Å². The highest BCUT2D eigenvalue weighted by molar-refractivity contribution is 5.61. The highest BCUT2D eigenvalue weighted by atomic mass is 16.5. The van der Waals surface area contributed by atoms with E-state index in [4.69, 9.17) is 10.5 Å². The Labute approximate surface area is 101 Å². The SMILES string of the molecule is CCOCCn1ccnc1-c1cccc(N)c1. The van der Waals surface area contributed by atoms with Gasteiger partial charge in [0.05, 0.1) is 6.61 Å². The molecule has 1 aromatic heterocycles. The predicted molar refractivity (Wildman–Crippen MR) is 68.6 cm³/mol. The van der Waals surface area contributed by atoms with Gasteiger partial charge in [-0.05, 0) is 19.1 Å². The molecule has 0 saturated carbocycles. The molecule has 2 aromatic rings. The van der Waals surface area contributed by atoms with Gasteiger partial charge in [-0.2, -0.15) is 0 Å². The molecule has 0 radical (unpaired) electrons. The van der Waals surface area contributed by atoms with Crippen molar-refractivity contribution in [2.45, 2.75) is 13.5 Å². The molecule has 90 valence electrons. The summed E-state index contributed by atoms with van der Waals surface area (Å²) in [4.78, 5) is 4.36. The lowest BCUT2D eigenvalue weighted by molar-refractivity contribution is 0.139. The average Bonchev–Trinajstić information content (AvgIpc) is 2.78. The number of aromatic nitrogens is 2. The van der Waals surface area contributed by atoms with Crippen LogP contribution < -0.4 is 5.73 Å². The second-order valence-corrected chi connectivity index (χ2v) is 3.77. The summed E-state index contributed by atoms with van der Waals surface area (Å²) in [6, 6.07) is 7.75. The third-order valence-corrected chi connectivity index (χ3v) is 2.54. The number of hydrogen-bond donors (Lipinski definition) is 1. The Morgan fingerprint density at radius 3 is 3.06 bits per heavy atom. The van der Waals surface area contributed by atoms with Gasteiger partial charge in [0.2, 0.25) is 0 Å². The number of imidazole rings is 1. The molecule has 0 saturated heterocycles. The molecule has 0 bridgehead atoms. The van der Waals surface area contributed by atoms with Crippen LogP contribution in [0.25, 0.3) is 11.4 Å². The van der Waals surface area contributed by atoms with Crippen molar-refractivity contribution in [2.24, 2.45) is 0 Å². The first-order chi connectivity index (χ1) is 8.31. The lowest BCUT2D eigenvalue weighted by atomic mass is 10.2. The molecule has 2 rings (SSSR count). The number of hydrogen-bond acceptors (Lipinski definition) is 3. The van der Waals surface area contributed by atoms with E-state index in [1.807, 2.05) is 37.4 Å². The summed E-state index contributed by atoms with van der Waals surface area (Å²) in [6.07, 6.45) is 3.75. The van der Waals surface area contributed by atoms with Crippen LogP contribution in [0, 0.1) is 0 Å². The molecule has 0 aliphatic carbocycles. The smallest absolute Gasteiger partial charge is 0.140 e. The Morgan fingerprint density at radius 1 is 1.41 bits per heavy atom. The summed E-state index contributed by atoms with van der Waals surface area (Å²) >= 11 is 0. The topological polar surface area (TPSA) is 53.1 Å². The van der Waals surface area contributed by atoms with Crippen LogP contribution in [-0.2, 0) is 11.3 Å². The van der Waals surface area contributed by atoms with Gasteiger partial charge >= 0.3 is 0 Å². The molecular weight excluding hydrogens is 214 g/mol. The van der Waals surface area contributed by atoms with E-state index < -0.39 is 0 Å².